The molecule has 0 atom stereocenters. The summed E-state index contributed by atoms with van der Waals surface area (Å²) in [7, 11) is 1.58. The molecule has 1 aromatic carbocycles. The van der Waals surface area contributed by atoms with Crippen LogP contribution in [0.4, 0.5) is 0 Å². The molecule has 0 saturated carbocycles. The monoisotopic (exact) mass is 189 g/mol. The Morgan fingerprint density at radius 1 is 1.29 bits per heavy atom. The van der Waals surface area contributed by atoms with Crippen molar-refractivity contribution in [3.63, 3.8) is 0 Å². The van der Waals surface area contributed by atoms with Crippen molar-refractivity contribution in [1.29, 1.82) is 5.26 Å². The smallest absolute Gasteiger partial charge is 0.136 e. The van der Waals surface area contributed by atoms with Crippen molar-refractivity contribution in [2.45, 2.75) is 26.2 Å². The third-order valence-corrected chi connectivity index (χ3v) is 2.19. The third kappa shape index (κ3) is 2.05. The Morgan fingerprint density at radius 3 is 2.36 bits per heavy atom. The van der Waals surface area contributed by atoms with Gasteiger partial charge in [0.2, 0.25) is 0 Å². The van der Waals surface area contributed by atoms with Gasteiger partial charge in [0.25, 0.3) is 0 Å². The minimum absolute atomic E-state index is 0.0673. The number of ether oxygens (including phenoxy) is 1. The molecule has 1 rings (SSSR count). The lowest BCUT2D eigenvalue weighted by Crippen LogP contribution is -2.11. The maximum absolute atomic E-state index is 8.91. The summed E-state index contributed by atoms with van der Waals surface area (Å²) in [5.41, 5.74) is 1.81. The standard InChI is InChI=1S/C12H15NO/c1-12(2,3)10-5-6-11(14-4)9(7-10)8-13/h5-7H,1-4H3. The quantitative estimate of drug-likeness (QED) is 0.680. The van der Waals surface area contributed by atoms with Crippen LogP contribution in [0.5, 0.6) is 5.75 Å². The van der Waals surface area contributed by atoms with Crippen molar-refractivity contribution in [3.8, 4) is 11.8 Å². The van der Waals surface area contributed by atoms with Crippen LogP contribution in [-0.4, -0.2) is 7.11 Å². The van der Waals surface area contributed by atoms with E-state index in [2.05, 4.69) is 26.8 Å². The van der Waals surface area contributed by atoms with Gasteiger partial charge in [-0.1, -0.05) is 26.8 Å². The molecule has 0 bridgehead atoms. The Balaban J connectivity index is 3.23. The van der Waals surface area contributed by atoms with Crippen LogP contribution < -0.4 is 4.74 Å². The second-order valence-corrected chi connectivity index (χ2v) is 4.28. The zero-order valence-electron chi connectivity index (χ0n) is 9.09. The number of nitrogens with zero attached hydrogens (tertiary/aromatic N) is 1. The summed E-state index contributed by atoms with van der Waals surface area (Å²) in [6.07, 6.45) is 0. The molecule has 0 heterocycles. The molecule has 0 N–H and O–H groups in total. The highest BCUT2D eigenvalue weighted by molar-refractivity contribution is 5.46. The Labute approximate surface area is 85.1 Å². The van der Waals surface area contributed by atoms with Crippen LogP contribution in [0.1, 0.15) is 31.9 Å². The van der Waals surface area contributed by atoms with Gasteiger partial charge < -0.3 is 4.74 Å². The number of benzene rings is 1. The number of hydrogen-bond donors (Lipinski definition) is 0. The summed E-state index contributed by atoms with van der Waals surface area (Å²) in [5, 5.41) is 8.91. The molecule has 0 aliphatic heterocycles. The van der Waals surface area contributed by atoms with Gasteiger partial charge >= 0.3 is 0 Å². The highest BCUT2D eigenvalue weighted by Gasteiger charge is 2.15. The van der Waals surface area contributed by atoms with Crippen LogP contribution in [0.25, 0.3) is 0 Å². The van der Waals surface area contributed by atoms with Gasteiger partial charge in [-0.3, -0.25) is 0 Å². The molecule has 0 aromatic heterocycles. The first kappa shape index (κ1) is 10.6. The zero-order chi connectivity index (χ0) is 10.8. The Morgan fingerprint density at radius 2 is 1.93 bits per heavy atom. The molecule has 0 fully saturated rings. The van der Waals surface area contributed by atoms with Crippen LogP contribution in [0.3, 0.4) is 0 Å². The molecule has 14 heavy (non-hydrogen) atoms. The van der Waals surface area contributed by atoms with E-state index in [-0.39, 0.29) is 5.41 Å². The Kier molecular flexibility index (Phi) is 2.81. The highest BCUT2D eigenvalue weighted by atomic mass is 16.5. The van der Waals surface area contributed by atoms with Crippen molar-refractivity contribution >= 4 is 0 Å². The average molecular weight is 189 g/mol. The Bertz CT molecular complexity index is 369. The van der Waals surface area contributed by atoms with E-state index in [9.17, 15) is 0 Å². The van der Waals surface area contributed by atoms with Gasteiger partial charge in [0.1, 0.15) is 11.8 Å². The normalized spacial score (nSPS) is 10.8. The van der Waals surface area contributed by atoms with Gasteiger partial charge in [0.15, 0.2) is 0 Å². The van der Waals surface area contributed by atoms with Gasteiger partial charge in [-0.15, -0.1) is 0 Å². The molecule has 0 saturated heterocycles. The first-order chi connectivity index (χ1) is 6.49. The van der Waals surface area contributed by atoms with Gasteiger partial charge in [-0.05, 0) is 23.1 Å². The van der Waals surface area contributed by atoms with Crippen LogP contribution in [0.2, 0.25) is 0 Å². The van der Waals surface area contributed by atoms with Crippen molar-refractivity contribution < 1.29 is 4.74 Å². The van der Waals surface area contributed by atoms with Gasteiger partial charge in [-0.25, -0.2) is 0 Å². The lowest BCUT2D eigenvalue weighted by atomic mass is 9.86. The van der Waals surface area contributed by atoms with Crippen LogP contribution in [0.15, 0.2) is 18.2 Å². The molecular formula is C12H15NO. The molecule has 2 nitrogen and oxygen atoms in total. The third-order valence-electron chi connectivity index (χ3n) is 2.19. The maximum atomic E-state index is 8.91. The first-order valence-electron chi connectivity index (χ1n) is 4.57. The zero-order valence-corrected chi connectivity index (χ0v) is 9.09. The van der Waals surface area contributed by atoms with E-state index in [4.69, 9.17) is 10.00 Å². The molecule has 2 heteroatoms. The second-order valence-electron chi connectivity index (χ2n) is 4.28. The van der Waals surface area contributed by atoms with Crippen LogP contribution in [-0.2, 0) is 5.41 Å². The number of hydrogen-bond acceptors (Lipinski definition) is 2. The lowest BCUT2D eigenvalue weighted by molar-refractivity contribution is 0.413. The van der Waals surface area contributed by atoms with E-state index >= 15 is 0 Å². The summed E-state index contributed by atoms with van der Waals surface area (Å²) in [6.45, 7) is 6.36. The van der Waals surface area contributed by atoms with Gasteiger partial charge in [-0.2, -0.15) is 5.26 Å². The Hall–Kier alpha value is -1.49. The molecule has 0 aliphatic rings. The molecule has 74 valence electrons. The fourth-order valence-electron chi connectivity index (χ4n) is 1.26. The fraction of sp³-hybridized carbons (Fsp3) is 0.417. The minimum atomic E-state index is 0.0673. The summed E-state index contributed by atoms with van der Waals surface area (Å²) in [5.74, 6) is 0.639. The summed E-state index contributed by atoms with van der Waals surface area (Å²) >= 11 is 0. The van der Waals surface area contributed by atoms with E-state index in [0.29, 0.717) is 11.3 Å². The maximum Gasteiger partial charge on any atom is 0.136 e. The fourth-order valence-corrected chi connectivity index (χ4v) is 1.26. The molecule has 1 aromatic rings. The molecule has 0 amide bonds. The van der Waals surface area contributed by atoms with Crippen molar-refractivity contribution in [2.75, 3.05) is 7.11 Å². The minimum Gasteiger partial charge on any atom is -0.495 e. The molecule has 0 aliphatic carbocycles. The van der Waals surface area contributed by atoms with E-state index in [1.54, 1.807) is 7.11 Å². The van der Waals surface area contributed by atoms with E-state index in [0.717, 1.165) is 5.56 Å². The molecule has 0 radical (unpaired) electrons. The second kappa shape index (κ2) is 3.71. The number of methoxy groups -OCH3 is 1. The largest absolute Gasteiger partial charge is 0.495 e. The van der Waals surface area contributed by atoms with Crippen LogP contribution in [0, 0.1) is 11.3 Å². The van der Waals surface area contributed by atoms with Crippen molar-refractivity contribution in [3.05, 3.63) is 29.3 Å². The van der Waals surface area contributed by atoms with Crippen molar-refractivity contribution in [2.24, 2.45) is 0 Å². The molecular weight excluding hydrogens is 174 g/mol. The predicted molar refractivity (Wildman–Crippen MR) is 56.4 cm³/mol. The van der Waals surface area contributed by atoms with Gasteiger partial charge in [0.05, 0.1) is 12.7 Å². The number of nitriles is 1. The van der Waals surface area contributed by atoms with E-state index in [1.807, 2.05) is 18.2 Å². The summed E-state index contributed by atoms with van der Waals surface area (Å²) in [4.78, 5) is 0. The SMILES string of the molecule is COc1ccc(C(C)(C)C)cc1C#N. The molecule has 0 unspecified atom stereocenters. The number of rotatable bonds is 1. The topological polar surface area (TPSA) is 33.0 Å². The average Bonchev–Trinajstić information content (AvgIpc) is 2.15. The summed E-state index contributed by atoms with van der Waals surface area (Å²) < 4.78 is 5.08. The first-order valence-corrected chi connectivity index (χ1v) is 4.57. The predicted octanol–water partition coefficient (Wildman–Crippen LogP) is 2.86. The van der Waals surface area contributed by atoms with Gasteiger partial charge in [0, 0.05) is 0 Å². The highest BCUT2D eigenvalue weighted by Crippen LogP contribution is 2.27. The van der Waals surface area contributed by atoms with E-state index < -0.39 is 0 Å². The lowest BCUT2D eigenvalue weighted by Gasteiger charge is -2.19. The summed E-state index contributed by atoms with van der Waals surface area (Å²) in [6, 6.07) is 7.87. The van der Waals surface area contributed by atoms with E-state index in [1.165, 1.54) is 0 Å². The molecule has 0 spiro atoms. The van der Waals surface area contributed by atoms with Crippen molar-refractivity contribution in [1.82, 2.24) is 0 Å². The van der Waals surface area contributed by atoms with Crippen LogP contribution >= 0.6 is 0 Å².